The van der Waals surface area contributed by atoms with E-state index in [0.717, 1.165) is 43.8 Å². The number of benzene rings is 3. The summed E-state index contributed by atoms with van der Waals surface area (Å²) < 4.78 is 7.69. The first kappa shape index (κ1) is 17.6. The lowest BCUT2D eigenvalue weighted by molar-refractivity contribution is 0.306. The van der Waals surface area contributed by atoms with Gasteiger partial charge < -0.3 is 4.74 Å². The average molecular weight is 398 g/mol. The number of rotatable bonds is 5. The fourth-order valence-electron chi connectivity index (χ4n) is 3.16. The van der Waals surface area contributed by atoms with Crippen LogP contribution in [0.5, 0.6) is 5.75 Å². The Balaban J connectivity index is 1.39. The van der Waals surface area contributed by atoms with E-state index in [0.29, 0.717) is 6.61 Å². The summed E-state index contributed by atoms with van der Waals surface area (Å²) in [5.41, 5.74) is 4.37. The van der Waals surface area contributed by atoms with Gasteiger partial charge in [-0.2, -0.15) is 9.61 Å². The van der Waals surface area contributed by atoms with Crippen molar-refractivity contribution in [2.75, 3.05) is 0 Å². The summed E-state index contributed by atoms with van der Waals surface area (Å²) in [6, 6.07) is 26.3. The fraction of sp³-hybridized carbons (Fsp3) is 0.0870. The van der Waals surface area contributed by atoms with Crippen LogP contribution in [0.2, 0.25) is 0 Å². The molecule has 29 heavy (non-hydrogen) atoms. The van der Waals surface area contributed by atoms with E-state index in [2.05, 4.69) is 35.3 Å². The first-order chi connectivity index (χ1) is 14.3. The molecule has 0 aliphatic heterocycles. The fourth-order valence-corrected chi connectivity index (χ4v) is 4.00. The minimum Gasteiger partial charge on any atom is -0.489 e. The molecule has 2 aromatic heterocycles. The van der Waals surface area contributed by atoms with Crippen LogP contribution in [0.1, 0.15) is 11.1 Å². The molecule has 2 heterocycles. The molecule has 0 radical (unpaired) electrons. The molecule has 0 N–H and O–H groups in total. The van der Waals surface area contributed by atoms with Crippen LogP contribution in [0, 0.1) is 6.92 Å². The van der Waals surface area contributed by atoms with E-state index in [1.165, 1.54) is 11.3 Å². The summed E-state index contributed by atoms with van der Waals surface area (Å²) in [6.45, 7) is 2.62. The van der Waals surface area contributed by atoms with E-state index < -0.39 is 0 Å². The highest BCUT2D eigenvalue weighted by atomic mass is 32.1. The Kier molecular flexibility index (Phi) is 4.54. The summed E-state index contributed by atoms with van der Waals surface area (Å²) in [6.07, 6.45) is 0. The molecule has 6 heteroatoms. The number of fused-ring (bicyclic) bond motifs is 1. The summed E-state index contributed by atoms with van der Waals surface area (Å²) in [7, 11) is 0. The van der Waals surface area contributed by atoms with Gasteiger partial charge in [-0.3, -0.25) is 0 Å². The average Bonchev–Trinajstić information content (AvgIpc) is 3.35. The zero-order valence-electron chi connectivity index (χ0n) is 15.8. The highest BCUT2D eigenvalue weighted by Crippen LogP contribution is 2.30. The van der Waals surface area contributed by atoms with Crippen LogP contribution in [-0.4, -0.2) is 19.8 Å². The Morgan fingerprint density at radius 1 is 0.862 bits per heavy atom. The zero-order valence-corrected chi connectivity index (χ0v) is 16.6. The topological polar surface area (TPSA) is 52.3 Å². The Labute approximate surface area is 172 Å². The lowest BCUT2D eigenvalue weighted by atomic mass is 10.1. The quantitative estimate of drug-likeness (QED) is 0.397. The van der Waals surface area contributed by atoms with Crippen LogP contribution >= 0.6 is 11.3 Å². The second-order valence-corrected chi connectivity index (χ2v) is 7.69. The van der Waals surface area contributed by atoms with E-state index in [9.17, 15) is 0 Å². The van der Waals surface area contributed by atoms with Gasteiger partial charge in [-0.25, -0.2) is 0 Å². The highest BCUT2D eigenvalue weighted by molar-refractivity contribution is 7.19. The Morgan fingerprint density at radius 2 is 1.62 bits per heavy atom. The monoisotopic (exact) mass is 398 g/mol. The Bertz CT molecular complexity index is 1260. The molecule has 0 spiro atoms. The molecular weight excluding hydrogens is 380 g/mol. The largest absolute Gasteiger partial charge is 0.489 e. The maximum Gasteiger partial charge on any atom is 0.235 e. The number of ether oxygens (including phenoxy) is 1. The van der Waals surface area contributed by atoms with Gasteiger partial charge in [-0.05, 0) is 42.3 Å². The third kappa shape index (κ3) is 3.50. The van der Waals surface area contributed by atoms with Gasteiger partial charge in [0.25, 0.3) is 0 Å². The third-order valence-electron chi connectivity index (χ3n) is 4.73. The zero-order chi connectivity index (χ0) is 19.6. The van der Waals surface area contributed by atoms with Crippen LogP contribution in [0.25, 0.3) is 26.9 Å². The minimum atomic E-state index is 0.552. The molecular formula is C23H18N4OS. The van der Waals surface area contributed by atoms with Crippen LogP contribution in [0.15, 0.2) is 78.9 Å². The molecule has 5 rings (SSSR count). The summed E-state index contributed by atoms with van der Waals surface area (Å²) in [5.74, 6) is 1.60. The molecule has 5 nitrogen and oxygen atoms in total. The molecule has 0 saturated carbocycles. The molecule has 0 atom stereocenters. The molecule has 142 valence electrons. The third-order valence-corrected chi connectivity index (χ3v) is 5.67. The standard InChI is InChI=1S/C23H18N4OS/c1-16-7-5-6-10-20(16)21-24-25-23-27(21)26-22(29-23)18-11-13-19(14-12-18)28-15-17-8-3-2-4-9-17/h2-14H,15H2,1H3. The number of hydrogen-bond acceptors (Lipinski definition) is 5. The Morgan fingerprint density at radius 3 is 2.41 bits per heavy atom. The van der Waals surface area contributed by atoms with E-state index in [-0.39, 0.29) is 0 Å². The molecule has 0 saturated heterocycles. The van der Waals surface area contributed by atoms with Crippen molar-refractivity contribution in [1.29, 1.82) is 0 Å². The molecule has 0 unspecified atom stereocenters. The number of hydrogen-bond donors (Lipinski definition) is 0. The SMILES string of the molecule is Cc1ccccc1-c1nnc2sc(-c3ccc(OCc4ccccc4)cc3)nn12. The molecule has 3 aromatic carbocycles. The van der Waals surface area contributed by atoms with Crippen LogP contribution in [0.4, 0.5) is 0 Å². The smallest absolute Gasteiger partial charge is 0.235 e. The molecule has 0 bridgehead atoms. The lowest BCUT2D eigenvalue weighted by Gasteiger charge is -2.06. The van der Waals surface area contributed by atoms with E-state index >= 15 is 0 Å². The number of nitrogens with zero attached hydrogens (tertiary/aromatic N) is 4. The van der Waals surface area contributed by atoms with E-state index in [1.54, 1.807) is 0 Å². The molecule has 0 aliphatic carbocycles. The maximum absolute atomic E-state index is 5.87. The minimum absolute atomic E-state index is 0.552. The molecule has 5 aromatic rings. The van der Waals surface area contributed by atoms with Crippen molar-refractivity contribution in [3.8, 4) is 27.7 Å². The van der Waals surface area contributed by atoms with E-state index in [1.807, 2.05) is 65.2 Å². The van der Waals surface area contributed by atoms with Crippen molar-refractivity contribution in [1.82, 2.24) is 19.8 Å². The van der Waals surface area contributed by atoms with Crippen LogP contribution in [-0.2, 0) is 6.61 Å². The van der Waals surface area contributed by atoms with Crippen molar-refractivity contribution in [2.45, 2.75) is 13.5 Å². The maximum atomic E-state index is 5.87. The first-order valence-corrected chi connectivity index (χ1v) is 10.1. The van der Waals surface area contributed by atoms with Gasteiger partial charge in [0.15, 0.2) is 5.82 Å². The van der Waals surface area contributed by atoms with Crippen molar-refractivity contribution in [3.05, 3.63) is 90.0 Å². The van der Waals surface area contributed by atoms with Gasteiger partial charge in [0.05, 0.1) is 0 Å². The van der Waals surface area contributed by atoms with Gasteiger partial charge in [0, 0.05) is 11.1 Å². The van der Waals surface area contributed by atoms with Crippen LogP contribution in [0.3, 0.4) is 0 Å². The normalized spacial score (nSPS) is 11.1. The van der Waals surface area contributed by atoms with Crippen molar-refractivity contribution < 1.29 is 4.74 Å². The van der Waals surface area contributed by atoms with Gasteiger partial charge >= 0.3 is 0 Å². The van der Waals surface area contributed by atoms with Gasteiger partial charge in [0.1, 0.15) is 17.4 Å². The van der Waals surface area contributed by atoms with Crippen molar-refractivity contribution in [3.63, 3.8) is 0 Å². The summed E-state index contributed by atoms with van der Waals surface area (Å²) in [4.78, 5) is 0.780. The van der Waals surface area contributed by atoms with Crippen LogP contribution < -0.4 is 4.74 Å². The number of aromatic nitrogens is 4. The van der Waals surface area contributed by atoms with Gasteiger partial charge in [0.2, 0.25) is 4.96 Å². The number of aryl methyl sites for hydroxylation is 1. The lowest BCUT2D eigenvalue weighted by Crippen LogP contribution is -1.95. The predicted octanol–water partition coefficient (Wildman–Crippen LogP) is 5.41. The summed E-state index contributed by atoms with van der Waals surface area (Å²) in [5, 5.41) is 14.3. The second kappa shape index (κ2) is 7.48. The molecule has 0 amide bonds. The summed E-state index contributed by atoms with van der Waals surface area (Å²) >= 11 is 1.53. The van der Waals surface area contributed by atoms with Crippen molar-refractivity contribution in [2.24, 2.45) is 0 Å². The predicted molar refractivity (Wildman–Crippen MR) is 115 cm³/mol. The van der Waals surface area contributed by atoms with Crippen molar-refractivity contribution >= 4 is 16.3 Å². The first-order valence-electron chi connectivity index (χ1n) is 9.33. The Hall–Kier alpha value is -3.51. The van der Waals surface area contributed by atoms with Gasteiger partial charge in [-0.15, -0.1) is 10.2 Å². The highest BCUT2D eigenvalue weighted by Gasteiger charge is 2.15. The molecule has 0 fully saturated rings. The van der Waals surface area contributed by atoms with Gasteiger partial charge in [-0.1, -0.05) is 65.9 Å². The van der Waals surface area contributed by atoms with E-state index in [4.69, 9.17) is 9.84 Å². The molecule has 0 aliphatic rings. The second-order valence-electron chi connectivity index (χ2n) is 6.74.